The van der Waals surface area contributed by atoms with Crippen LogP contribution < -0.4 is 10.1 Å². The summed E-state index contributed by atoms with van der Waals surface area (Å²) in [6.45, 7) is 3.25. The van der Waals surface area contributed by atoms with Crippen LogP contribution in [0.5, 0.6) is 5.75 Å². The van der Waals surface area contributed by atoms with Gasteiger partial charge in [0, 0.05) is 19.1 Å². The zero-order valence-electron chi connectivity index (χ0n) is 18.9. The van der Waals surface area contributed by atoms with Gasteiger partial charge in [0.25, 0.3) is 5.91 Å². The lowest BCUT2D eigenvalue weighted by molar-refractivity contribution is -0.133. The number of rotatable bonds is 7. The predicted molar refractivity (Wildman–Crippen MR) is 129 cm³/mol. The number of aryl methyl sites for hydroxylation is 1. The highest BCUT2D eigenvalue weighted by Gasteiger charge is 2.30. The number of hydrogen-bond acceptors (Lipinski definition) is 3. The average molecular weight is 443 g/mol. The van der Waals surface area contributed by atoms with Crippen molar-refractivity contribution >= 4 is 11.8 Å². The summed E-state index contributed by atoms with van der Waals surface area (Å²) in [6, 6.07) is 27.5. The van der Waals surface area contributed by atoms with Gasteiger partial charge in [-0.15, -0.1) is 0 Å². The molecule has 0 bridgehead atoms. The number of nitrogens with zero attached hydrogens (tertiary/aromatic N) is 1. The van der Waals surface area contributed by atoms with Crippen molar-refractivity contribution in [1.29, 1.82) is 0 Å². The number of carbonyl (C=O) groups excluding carboxylic acids is 2. The minimum atomic E-state index is -0.318. The highest BCUT2D eigenvalue weighted by Crippen LogP contribution is 2.28. The van der Waals surface area contributed by atoms with Crippen molar-refractivity contribution in [3.05, 3.63) is 102 Å². The third kappa shape index (κ3) is 6.01. The summed E-state index contributed by atoms with van der Waals surface area (Å²) < 4.78 is 5.58. The maximum Gasteiger partial charge on any atom is 0.258 e. The van der Waals surface area contributed by atoms with E-state index in [1.807, 2.05) is 96.8 Å². The van der Waals surface area contributed by atoms with Crippen LogP contribution in [0, 0.1) is 6.92 Å². The number of hydrogen-bond donors (Lipinski definition) is 1. The van der Waals surface area contributed by atoms with Crippen molar-refractivity contribution < 1.29 is 14.3 Å². The molecule has 0 aromatic heterocycles. The lowest BCUT2D eigenvalue weighted by Gasteiger charge is -2.35. The molecule has 1 N–H and O–H groups in total. The fraction of sp³-hybridized carbons (Fsp3) is 0.286. The molecule has 1 heterocycles. The van der Waals surface area contributed by atoms with Gasteiger partial charge in [0.2, 0.25) is 5.91 Å². The number of amides is 2. The number of likely N-dealkylation sites (tertiary alicyclic amines) is 1. The van der Waals surface area contributed by atoms with E-state index in [1.165, 1.54) is 0 Å². The number of benzene rings is 3. The second-order valence-corrected chi connectivity index (χ2v) is 8.52. The van der Waals surface area contributed by atoms with Crippen molar-refractivity contribution in [3.8, 4) is 5.75 Å². The maximum absolute atomic E-state index is 13.5. The van der Waals surface area contributed by atoms with Gasteiger partial charge in [-0.05, 0) is 43.0 Å². The largest absolute Gasteiger partial charge is 0.484 e. The molecule has 2 amide bonds. The fourth-order valence-electron chi connectivity index (χ4n) is 4.25. The zero-order valence-corrected chi connectivity index (χ0v) is 18.9. The second kappa shape index (κ2) is 10.8. The molecular weight excluding hydrogens is 412 g/mol. The summed E-state index contributed by atoms with van der Waals surface area (Å²) >= 11 is 0. The molecule has 170 valence electrons. The van der Waals surface area contributed by atoms with E-state index in [-0.39, 0.29) is 30.4 Å². The molecule has 0 aliphatic carbocycles. The first-order chi connectivity index (χ1) is 16.1. The normalized spacial score (nSPS) is 14.2. The Kier molecular flexibility index (Phi) is 7.40. The molecule has 1 aliphatic rings. The predicted octanol–water partition coefficient (Wildman–Crippen LogP) is 4.31. The van der Waals surface area contributed by atoms with Gasteiger partial charge in [-0.1, -0.05) is 78.4 Å². The molecule has 0 unspecified atom stereocenters. The molecule has 33 heavy (non-hydrogen) atoms. The Balaban J connectivity index is 1.32. The second-order valence-electron chi connectivity index (χ2n) is 8.52. The van der Waals surface area contributed by atoms with Crippen molar-refractivity contribution in [2.75, 3.05) is 19.7 Å². The van der Waals surface area contributed by atoms with E-state index in [0.29, 0.717) is 18.8 Å². The molecule has 0 atom stereocenters. The molecule has 0 spiro atoms. The van der Waals surface area contributed by atoms with Crippen LogP contribution in [0.3, 0.4) is 0 Å². The van der Waals surface area contributed by atoms with Crippen LogP contribution in [0.15, 0.2) is 84.9 Å². The van der Waals surface area contributed by atoms with E-state index in [4.69, 9.17) is 4.74 Å². The molecule has 0 radical (unpaired) electrons. The molecular formula is C28H30N2O3. The zero-order chi connectivity index (χ0) is 23.0. The van der Waals surface area contributed by atoms with Gasteiger partial charge in [0.15, 0.2) is 6.61 Å². The van der Waals surface area contributed by atoms with E-state index < -0.39 is 0 Å². The first-order valence-electron chi connectivity index (χ1n) is 11.5. The van der Waals surface area contributed by atoms with Crippen LogP contribution in [0.1, 0.15) is 35.4 Å². The summed E-state index contributed by atoms with van der Waals surface area (Å²) in [5.41, 5.74) is 3.14. The Morgan fingerprint density at radius 3 is 1.97 bits per heavy atom. The molecule has 3 aromatic carbocycles. The first-order valence-corrected chi connectivity index (χ1v) is 11.5. The molecule has 1 saturated heterocycles. The summed E-state index contributed by atoms with van der Waals surface area (Å²) in [5, 5.41) is 3.05. The summed E-state index contributed by atoms with van der Waals surface area (Å²) in [5.74, 6) is 0.345. The van der Waals surface area contributed by atoms with Crippen LogP contribution >= 0.6 is 0 Å². The molecule has 0 saturated carbocycles. The lowest BCUT2D eigenvalue weighted by atomic mass is 9.89. The Morgan fingerprint density at radius 1 is 0.879 bits per heavy atom. The molecule has 1 aliphatic heterocycles. The van der Waals surface area contributed by atoms with Crippen LogP contribution in [-0.2, 0) is 9.59 Å². The maximum atomic E-state index is 13.5. The summed E-state index contributed by atoms with van der Waals surface area (Å²) in [6.07, 6.45) is 1.47. The van der Waals surface area contributed by atoms with Gasteiger partial charge in [-0.2, -0.15) is 0 Å². The Labute approximate surface area is 195 Å². The monoisotopic (exact) mass is 442 g/mol. The van der Waals surface area contributed by atoms with Gasteiger partial charge in [-0.3, -0.25) is 9.59 Å². The van der Waals surface area contributed by atoms with Crippen molar-refractivity contribution in [3.63, 3.8) is 0 Å². The Hall–Kier alpha value is -3.60. The van der Waals surface area contributed by atoms with Crippen molar-refractivity contribution in [2.45, 2.75) is 31.7 Å². The summed E-state index contributed by atoms with van der Waals surface area (Å²) in [7, 11) is 0. The van der Waals surface area contributed by atoms with Crippen LogP contribution in [0.2, 0.25) is 0 Å². The van der Waals surface area contributed by atoms with Crippen LogP contribution in [-0.4, -0.2) is 42.5 Å². The first kappa shape index (κ1) is 22.6. The highest BCUT2D eigenvalue weighted by atomic mass is 16.5. The van der Waals surface area contributed by atoms with E-state index in [0.717, 1.165) is 29.5 Å². The minimum Gasteiger partial charge on any atom is -0.484 e. The fourth-order valence-corrected chi connectivity index (χ4v) is 4.25. The third-order valence-electron chi connectivity index (χ3n) is 6.08. The van der Waals surface area contributed by atoms with Crippen LogP contribution in [0.25, 0.3) is 0 Å². The summed E-state index contributed by atoms with van der Waals surface area (Å²) in [4.78, 5) is 27.8. The van der Waals surface area contributed by atoms with Crippen LogP contribution in [0.4, 0.5) is 0 Å². The van der Waals surface area contributed by atoms with Crippen molar-refractivity contribution in [1.82, 2.24) is 10.2 Å². The molecule has 3 aromatic rings. The van der Waals surface area contributed by atoms with E-state index >= 15 is 0 Å². The lowest BCUT2D eigenvalue weighted by Crippen LogP contribution is -2.48. The molecule has 5 nitrogen and oxygen atoms in total. The van der Waals surface area contributed by atoms with Gasteiger partial charge >= 0.3 is 0 Å². The highest BCUT2D eigenvalue weighted by molar-refractivity contribution is 5.87. The van der Waals surface area contributed by atoms with Crippen molar-refractivity contribution in [2.24, 2.45) is 0 Å². The van der Waals surface area contributed by atoms with E-state index in [2.05, 4.69) is 5.32 Å². The van der Waals surface area contributed by atoms with E-state index in [9.17, 15) is 9.59 Å². The van der Waals surface area contributed by atoms with E-state index in [1.54, 1.807) is 0 Å². The average Bonchev–Trinajstić information content (AvgIpc) is 2.85. The smallest absolute Gasteiger partial charge is 0.258 e. The Bertz CT molecular complexity index is 1000. The topological polar surface area (TPSA) is 58.6 Å². The molecule has 5 heteroatoms. The Morgan fingerprint density at radius 2 is 1.42 bits per heavy atom. The molecule has 1 fully saturated rings. The standard InChI is InChI=1S/C28H30N2O3/c1-21-12-14-25(15-13-21)33-20-26(31)29-24-16-18-30(19-17-24)28(32)27(22-8-4-2-5-9-22)23-10-6-3-7-11-23/h2-15,24,27H,16-20H2,1H3,(H,29,31). The van der Waals surface area contributed by atoms with Gasteiger partial charge in [0.1, 0.15) is 5.75 Å². The number of nitrogens with one attached hydrogen (secondary N) is 1. The van der Waals surface area contributed by atoms with Gasteiger partial charge in [-0.25, -0.2) is 0 Å². The SMILES string of the molecule is Cc1ccc(OCC(=O)NC2CCN(C(=O)C(c3ccccc3)c3ccccc3)CC2)cc1. The molecule has 4 rings (SSSR count). The van der Waals surface area contributed by atoms with Gasteiger partial charge < -0.3 is 15.0 Å². The quantitative estimate of drug-likeness (QED) is 0.593. The third-order valence-corrected chi connectivity index (χ3v) is 6.08. The minimum absolute atomic E-state index is 0.00764. The number of carbonyl (C=O) groups is 2. The number of piperidine rings is 1. The number of ether oxygens (including phenoxy) is 1. The van der Waals surface area contributed by atoms with Gasteiger partial charge in [0.05, 0.1) is 5.92 Å².